The number of carbonyl (C=O) groups excluding carboxylic acids is 1. The van der Waals surface area contributed by atoms with Gasteiger partial charge in [-0.25, -0.2) is 4.79 Å². The summed E-state index contributed by atoms with van der Waals surface area (Å²) in [6, 6.07) is 0.863. The number of nitrogens with one attached hydrogen (secondary N) is 1. The van der Waals surface area contributed by atoms with Gasteiger partial charge in [-0.05, 0) is 40.2 Å². The van der Waals surface area contributed by atoms with Crippen molar-refractivity contribution in [3.8, 4) is 0 Å². The van der Waals surface area contributed by atoms with Gasteiger partial charge in [-0.15, -0.1) is 11.3 Å². The van der Waals surface area contributed by atoms with Crippen LogP contribution in [0.15, 0.2) is 15.9 Å². The number of amides is 1. The van der Waals surface area contributed by atoms with Crippen LogP contribution in [-0.4, -0.2) is 36.7 Å². The van der Waals surface area contributed by atoms with Crippen LogP contribution in [-0.2, 0) is 9.53 Å². The zero-order valence-electron chi connectivity index (χ0n) is 9.81. The molecule has 0 spiro atoms. The number of thiophene rings is 1. The summed E-state index contributed by atoms with van der Waals surface area (Å²) in [6.07, 6.45) is 0.928. The first-order valence-electron chi connectivity index (χ1n) is 5.32. The van der Waals surface area contributed by atoms with Crippen LogP contribution < -0.4 is 5.32 Å². The maximum atomic E-state index is 11.8. The van der Waals surface area contributed by atoms with Crippen molar-refractivity contribution in [2.24, 2.45) is 0 Å². The molecule has 1 unspecified atom stereocenters. The minimum absolute atomic E-state index is 0.345. The molecule has 1 atom stereocenters. The summed E-state index contributed by atoms with van der Waals surface area (Å²) in [6.45, 7) is 0.475. The van der Waals surface area contributed by atoms with Gasteiger partial charge in [-0.2, -0.15) is 0 Å². The van der Waals surface area contributed by atoms with Crippen LogP contribution in [0.4, 0.5) is 0 Å². The maximum Gasteiger partial charge on any atom is 0.326 e. The van der Waals surface area contributed by atoms with Gasteiger partial charge >= 0.3 is 5.97 Å². The molecule has 0 aromatic carbocycles. The van der Waals surface area contributed by atoms with E-state index in [-0.39, 0.29) is 5.91 Å². The average molecular weight is 336 g/mol. The Morgan fingerprint density at radius 3 is 2.83 bits per heavy atom. The Balaban J connectivity index is 2.58. The Morgan fingerprint density at radius 2 is 2.33 bits per heavy atom. The Kier molecular flexibility index (Phi) is 6.31. The van der Waals surface area contributed by atoms with E-state index in [4.69, 9.17) is 9.84 Å². The van der Waals surface area contributed by atoms with Crippen molar-refractivity contribution in [1.29, 1.82) is 0 Å². The van der Waals surface area contributed by atoms with E-state index in [1.54, 1.807) is 18.6 Å². The number of methoxy groups -OCH3 is 1. The van der Waals surface area contributed by atoms with Crippen LogP contribution in [0.2, 0.25) is 0 Å². The van der Waals surface area contributed by atoms with E-state index in [1.807, 2.05) is 0 Å². The maximum absolute atomic E-state index is 11.8. The molecule has 5 nitrogen and oxygen atoms in total. The Morgan fingerprint density at radius 1 is 1.61 bits per heavy atom. The molecular formula is C11H14BrNO4S. The zero-order valence-corrected chi connectivity index (χ0v) is 12.2. The van der Waals surface area contributed by atoms with E-state index in [2.05, 4.69) is 21.2 Å². The molecule has 1 rings (SSSR count). The lowest BCUT2D eigenvalue weighted by atomic mass is 10.1. The van der Waals surface area contributed by atoms with Crippen LogP contribution in [0.5, 0.6) is 0 Å². The largest absolute Gasteiger partial charge is 0.480 e. The third-order valence-electron chi connectivity index (χ3n) is 2.27. The highest BCUT2D eigenvalue weighted by Gasteiger charge is 2.21. The van der Waals surface area contributed by atoms with Crippen molar-refractivity contribution < 1.29 is 19.4 Å². The second kappa shape index (κ2) is 7.50. The minimum atomic E-state index is -1.04. The first-order valence-corrected chi connectivity index (χ1v) is 6.99. The van der Waals surface area contributed by atoms with Gasteiger partial charge in [0.15, 0.2) is 0 Å². The van der Waals surface area contributed by atoms with E-state index in [9.17, 15) is 9.59 Å². The lowest BCUT2D eigenvalue weighted by Gasteiger charge is -2.13. The van der Waals surface area contributed by atoms with Crippen molar-refractivity contribution in [3.63, 3.8) is 0 Å². The molecule has 0 radical (unpaired) electrons. The van der Waals surface area contributed by atoms with E-state index >= 15 is 0 Å². The molecule has 0 bridgehead atoms. The second-order valence-electron chi connectivity index (χ2n) is 3.60. The van der Waals surface area contributed by atoms with Gasteiger partial charge in [-0.3, -0.25) is 4.79 Å². The van der Waals surface area contributed by atoms with Crippen molar-refractivity contribution in [2.75, 3.05) is 13.7 Å². The molecule has 18 heavy (non-hydrogen) atoms. The molecule has 0 fully saturated rings. The first-order chi connectivity index (χ1) is 8.56. The average Bonchev–Trinajstić information content (AvgIpc) is 2.74. The molecule has 0 saturated heterocycles. The predicted molar refractivity (Wildman–Crippen MR) is 72.0 cm³/mol. The highest BCUT2D eigenvalue weighted by molar-refractivity contribution is 9.10. The quantitative estimate of drug-likeness (QED) is 0.748. The number of carbonyl (C=O) groups is 2. The van der Waals surface area contributed by atoms with E-state index < -0.39 is 12.0 Å². The number of aliphatic carboxylic acids is 1. The van der Waals surface area contributed by atoms with Crippen molar-refractivity contribution >= 4 is 39.1 Å². The molecule has 0 aliphatic heterocycles. The molecule has 0 aliphatic rings. The summed E-state index contributed by atoms with van der Waals surface area (Å²) in [5.74, 6) is -1.41. The van der Waals surface area contributed by atoms with Crippen LogP contribution in [0.1, 0.15) is 22.5 Å². The summed E-state index contributed by atoms with van der Waals surface area (Å²) < 4.78 is 5.53. The molecule has 1 aromatic heterocycles. The Labute approximate surface area is 117 Å². The predicted octanol–water partition coefficient (Wildman–Crippen LogP) is 2.12. The van der Waals surface area contributed by atoms with Crippen molar-refractivity contribution in [1.82, 2.24) is 5.32 Å². The second-order valence-corrected chi connectivity index (χ2v) is 5.37. The molecule has 0 aliphatic carbocycles. The number of halogens is 1. The number of carboxylic acid groups (broad SMARTS) is 1. The van der Waals surface area contributed by atoms with Gasteiger partial charge in [-0.1, -0.05) is 0 Å². The van der Waals surface area contributed by atoms with Gasteiger partial charge < -0.3 is 15.2 Å². The smallest absolute Gasteiger partial charge is 0.326 e. The number of hydrogen-bond acceptors (Lipinski definition) is 4. The molecule has 1 amide bonds. The fraction of sp³-hybridized carbons (Fsp3) is 0.455. The fourth-order valence-corrected chi connectivity index (χ4v) is 2.82. The topological polar surface area (TPSA) is 75.6 Å². The van der Waals surface area contributed by atoms with Crippen LogP contribution in [0.3, 0.4) is 0 Å². The SMILES string of the molecule is COCCCC(NC(=O)c1sccc1Br)C(=O)O. The molecule has 1 heterocycles. The van der Waals surface area contributed by atoms with E-state index in [0.29, 0.717) is 28.8 Å². The van der Waals surface area contributed by atoms with Crippen LogP contribution in [0, 0.1) is 0 Å². The molecule has 2 N–H and O–H groups in total. The highest BCUT2D eigenvalue weighted by Crippen LogP contribution is 2.22. The van der Waals surface area contributed by atoms with Crippen LogP contribution >= 0.6 is 27.3 Å². The lowest BCUT2D eigenvalue weighted by Crippen LogP contribution is -2.40. The monoisotopic (exact) mass is 335 g/mol. The van der Waals surface area contributed by atoms with Crippen LogP contribution in [0.25, 0.3) is 0 Å². The standard InChI is InChI=1S/C11H14BrNO4S/c1-17-5-2-3-8(11(15)16)13-10(14)9-7(12)4-6-18-9/h4,6,8H,2-3,5H2,1H3,(H,13,14)(H,15,16). The molecular weight excluding hydrogens is 322 g/mol. The number of carboxylic acids is 1. The summed E-state index contributed by atoms with van der Waals surface area (Å²) in [5.41, 5.74) is 0. The van der Waals surface area contributed by atoms with E-state index in [1.165, 1.54) is 11.3 Å². The molecule has 100 valence electrons. The van der Waals surface area contributed by atoms with Gasteiger partial charge in [0.1, 0.15) is 10.9 Å². The third-order valence-corrected chi connectivity index (χ3v) is 4.10. The zero-order chi connectivity index (χ0) is 13.5. The van der Waals surface area contributed by atoms with Crippen molar-refractivity contribution in [3.05, 3.63) is 20.8 Å². The van der Waals surface area contributed by atoms with E-state index in [0.717, 1.165) is 0 Å². The van der Waals surface area contributed by atoms with Gasteiger partial charge in [0.2, 0.25) is 0 Å². The summed E-state index contributed by atoms with van der Waals surface area (Å²) >= 11 is 4.50. The first kappa shape index (κ1) is 15.1. The highest BCUT2D eigenvalue weighted by atomic mass is 79.9. The third kappa shape index (κ3) is 4.40. The lowest BCUT2D eigenvalue weighted by molar-refractivity contribution is -0.139. The number of ether oxygens (including phenoxy) is 1. The number of rotatable bonds is 7. The Bertz CT molecular complexity index is 421. The minimum Gasteiger partial charge on any atom is -0.480 e. The summed E-state index contributed by atoms with van der Waals surface area (Å²) in [5, 5.41) is 13.3. The van der Waals surface area contributed by atoms with Crippen molar-refractivity contribution in [2.45, 2.75) is 18.9 Å². The normalized spacial score (nSPS) is 12.1. The Hall–Kier alpha value is -0.920. The molecule has 7 heteroatoms. The summed E-state index contributed by atoms with van der Waals surface area (Å²) in [7, 11) is 1.55. The van der Waals surface area contributed by atoms with Gasteiger partial charge in [0.05, 0.1) is 0 Å². The molecule has 0 saturated carbocycles. The summed E-state index contributed by atoms with van der Waals surface area (Å²) in [4.78, 5) is 23.3. The molecule has 1 aromatic rings. The number of hydrogen-bond donors (Lipinski definition) is 2. The van der Waals surface area contributed by atoms with Gasteiger partial charge in [0, 0.05) is 18.2 Å². The fourth-order valence-electron chi connectivity index (χ4n) is 1.37. The van der Waals surface area contributed by atoms with Gasteiger partial charge in [0.25, 0.3) is 5.91 Å².